The summed E-state index contributed by atoms with van der Waals surface area (Å²) in [6, 6.07) is 3.22. The minimum absolute atomic E-state index is 0.0404. The van der Waals surface area contributed by atoms with Crippen molar-refractivity contribution in [2.24, 2.45) is 0 Å². The number of nitrogens with one attached hydrogen (secondary N) is 2. The first kappa shape index (κ1) is 12.5. The van der Waals surface area contributed by atoms with E-state index in [4.69, 9.17) is 5.26 Å². The summed E-state index contributed by atoms with van der Waals surface area (Å²) >= 11 is 0. The molecule has 0 saturated carbocycles. The molecular weight excluding hydrogens is 218 g/mol. The minimum atomic E-state index is -0.420. The maximum Gasteiger partial charge on any atom is 0.265 e. The zero-order chi connectivity index (χ0) is 12.7. The molecule has 1 aromatic heterocycles. The van der Waals surface area contributed by atoms with Crippen LogP contribution >= 0.6 is 0 Å². The van der Waals surface area contributed by atoms with Crippen LogP contribution in [0.1, 0.15) is 24.5 Å². The third kappa shape index (κ3) is 4.23. The molecule has 1 heterocycles. The van der Waals surface area contributed by atoms with E-state index in [1.54, 1.807) is 6.07 Å². The second kappa shape index (κ2) is 6.14. The van der Waals surface area contributed by atoms with Gasteiger partial charge in [0.05, 0.1) is 0 Å². The van der Waals surface area contributed by atoms with Crippen LogP contribution in [0.3, 0.4) is 0 Å². The zero-order valence-corrected chi connectivity index (χ0v) is 9.33. The van der Waals surface area contributed by atoms with Crippen LogP contribution in [0.2, 0.25) is 0 Å². The molecule has 2 N–H and O–H groups in total. The summed E-state index contributed by atoms with van der Waals surface area (Å²) in [5.41, 5.74) is 0.193. The fraction of sp³-hybridized carbons (Fsp3) is 0.250. The molecule has 0 spiro atoms. The summed E-state index contributed by atoms with van der Waals surface area (Å²) in [4.78, 5) is 24.1. The number of nitrogens with zero attached hydrogens (tertiary/aromatic N) is 1. The van der Waals surface area contributed by atoms with Crippen LogP contribution in [0.25, 0.3) is 0 Å². The van der Waals surface area contributed by atoms with Crippen LogP contribution in [0.5, 0.6) is 0 Å². The third-order valence-corrected chi connectivity index (χ3v) is 1.88. The smallest absolute Gasteiger partial charge is 0.265 e. The number of aromatic amines is 1. The highest BCUT2D eigenvalue weighted by Gasteiger charge is 1.97. The van der Waals surface area contributed by atoms with E-state index in [9.17, 15) is 9.59 Å². The monoisotopic (exact) mass is 229 g/mol. The molecule has 0 aliphatic heterocycles. The molecule has 5 heteroatoms. The van der Waals surface area contributed by atoms with Gasteiger partial charge in [-0.2, -0.15) is 5.26 Å². The molecule has 0 aliphatic rings. The first-order valence-corrected chi connectivity index (χ1v) is 4.99. The molecule has 0 unspecified atom stereocenters. The Morgan fingerprint density at radius 3 is 3.00 bits per heavy atom. The average molecular weight is 229 g/mol. The number of aromatic nitrogens is 1. The highest BCUT2D eigenvalue weighted by Crippen LogP contribution is 1.94. The van der Waals surface area contributed by atoms with Crippen LogP contribution < -0.4 is 10.9 Å². The van der Waals surface area contributed by atoms with Crippen molar-refractivity contribution in [3.63, 3.8) is 0 Å². The van der Waals surface area contributed by atoms with Crippen molar-refractivity contribution < 1.29 is 4.79 Å². The number of carbonyl (C=O) groups excluding carboxylic acids is 1. The number of H-pyrrole nitrogens is 1. The first-order valence-electron chi connectivity index (χ1n) is 4.99. The number of amides is 1. The number of pyridine rings is 1. The van der Waals surface area contributed by atoms with Crippen LogP contribution in [0, 0.1) is 23.2 Å². The van der Waals surface area contributed by atoms with Gasteiger partial charge in [-0.25, -0.2) is 0 Å². The van der Waals surface area contributed by atoms with Crippen molar-refractivity contribution in [3.8, 4) is 17.9 Å². The van der Waals surface area contributed by atoms with Gasteiger partial charge < -0.3 is 10.3 Å². The molecule has 0 radical (unpaired) electrons. The van der Waals surface area contributed by atoms with Gasteiger partial charge in [-0.05, 0) is 6.07 Å². The van der Waals surface area contributed by atoms with Gasteiger partial charge in [0.15, 0.2) is 0 Å². The second-order valence-electron chi connectivity index (χ2n) is 3.28. The van der Waals surface area contributed by atoms with Gasteiger partial charge in [-0.3, -0.25) is 9.59 Å². The van der Waals surface area contributed by atoms with E-state index in [0.717, 1.165) is 0 Å². The number of hydrogen-bond donors (Lipinski definition) is 2. The largest absolute Gasteiger partial charge is 0.355 e. The maximum atomic E-state index is 11.1. The van der Waals surface area contributed by atoms with Crippen molar-refractivity contribution in [2.75, 3.05) is 6.54 Å². The Morgan fingerprint density at radius 1 is 1.59 bits per heavy atom. The van der Waals surface area contributed by atoms with Crippen molar-refractivity contribution in [1.29, 1.82) is 5.26 Å². The Hall–Kier alpha value is -2.53. The molecule has 1 amide bonds. The second-order valence-corrected chi connectivity index (χ2v) is 3.28. The molecule has 17 heavy (non-hydrogen) atoms. The number of hydrogen-bond acceptors (Lipinski definition) is 3. The first-order chi connectivity index (χ1) is 8.13. The van der Waals surface area contributed by atoms with Gasteiger partial charge in [-0.1, -0.05) is 11.8 Å². The third-order valence-electron chi connectivity index (χ3n) is 1.88. The maximum absolute atomic E-state index is 11.1. The van der Waals surface area contributed by atoms with Gasteiger partial charge >= 0.3 is 0 Å². The quantitative estimate of drug-likeness (QED) is 0.558. The highest BCUT2D eigenvalue weighted by molar-refractivity contribution is 5.72. The SMILES string of the molecule is CC(=O)NCCC#Cc1c[nH]c(=O)c(C#N)c1. The summed E-state index contributed by atoms with van der Waals surface area (Å²) in [6.07, 6.45) is 1.97. The molecule has 1 aromatic rings. The lowest BCUT2D eigenvalue weighted by Gasteiger charge is -1.94. The van der Waals surface area contributed by atoms with Crippen LogP contribution in [0.4, 0.5) is 0 Å². The summed E-state index contributed by atoms with van der Waals surface area (Å²) in [7, 11) is 0. The van der Waals surface area contributed by atoms with Crippen molar-refractivity contribution in [2.45, 2.75) is 13.3 Å². The zero-order valence-electron chi connectivity index (χ0n) is 9.33. The van der Waals surface area contributed by atoms with Crippen LogP contribution in [0.15, 0.2) is 17.1 Å². The Bertz CT molecular complexity index is 570. The highest BCUT2D eigenvalue weighted by atomic mass is 16.1. The van der Waals surface area contributed by atoms with E-state index < -0.39 is 5.56 Å². The van der Waals surface area contributed by atoms with Crippen molar-refractivity contribution >= 4 is 5.91 Å². The molecule has 1 rings (SSSR count). The van der Waals surface area contributed by atoms with Gasteiger partial charge in [0, 0.05) is 31.6 Å². The lowest BCUT2D eigenvalue weighted by Crippen LogP contribution is -2.20. The van der Waals surface area contributed by atoms with E-state index in [2.05, 4.69) is 22.1 Å². The fourth-order valence-corrected chi connectivity index (χ4v) is 1.10. The lowest BCUT2D eigenvalue weighted by molar-refractivity contribution is -0.118. The predicted octanol–water partition coefficient (Wildman–Crippen LogP) is 0.124. The summed E-state index contributed by atoms with van der Waals surface area (Å²) in [6.45, 7) is 1.92. The molecule has 0 saturated heterocycles. The normalized spacial score (nSPS) is 8.71. The predicted molar refractivity (Wildman–Crippen MR) is 62.0 cm³/mol. The van der Waals surface area contributed by atoms with E-state index in [1.165, 1.54) is 19.2 Å². The topological polar surface area (TPSA) is 85.8 Å². The molecule has 0 aromatic carbocycles. The molecule has 86 valence electrons. The van der Waals surface area contributed by atoms with Crippen molar-refractivity contribution in [1.82, 2.24) is 10.3 Å². The fourth-order valence-electron chi connectivity index (χ4n) is 1.10. The molecule has 0 aliphatic carbocycles. The van der Waals surface area contributed by atoms with Gasteiger partial charge in [0.2, 0.25) is 5.91 Å². The molecule has 0 atom stereocenters. The Balaban J connectivity index is 2.64. The van der Waals surface area contributed by atoms with E-state index in [-0.39, 0.29) is 11.5 Å². The molecule has 0 bridgehead atoms. The molecule has 5 nitrogen and oxygen atoms in total. The number of nitriles is 1. The van der Waals surface area contributed by atoms with Gasteiger partial charge in [-0.15, -0.1) is 0 Å². The number of rotatable bonds is 2. The van der Waals surface area contributed by atoms with Crippen LogP contribution in [-0.4, -0.2) is 17.4 Å². The summed E-state index contributed by atoms with van der Waals surface area (Å²) < 4.78 is 0. The Labute approximate surface area is 98.5 Å². The average Bonchev–Trinajstić information content (AvgIpc) is 2.30. The summed E-state index contributed by atoms with van der Waals surface area (Å²) in [5.74, 6) is 5.53. The van der Waals surface area contributed by atoms with Gasteiger partial charge in [0.1, 0.15) is 11.6 Å². The van der Waals surface area contributed by atoms with Crippen molar-refractivity contribution in [3.05, 3.63) is 33.7 Å². The summed E-state index contributed by atoms with van der Waals surface area (Å²) in [5, 5.41) is 11.3. The lowest BCUT2D eigenvalue weighted by atomic mass is 10.2. The van der Waals surface area contributed by atoms with E-state index in [1.807, 2.05) is 0 Å². The molecular formula is C12H11N3O2. The van der Waals surface area contributed by atoms with E-state index >= 15 is 0 Å². The van der Waals surface area contributed by atoms with Gasteiger partial charge in [0.25, 0.3) is 5.56 Å². The number of carbonyl (C=O) groups is 1. The van der Waals surface area contributed by atoms with Crippen LogP contribution in [-0.2, 0) is 4.79 Å². The Morgan fingerprint density at radius 2 is 2.35 bits per heavy atom. The van der Waals surface area contributed by atoms with E-state index in [0.29, 0.717) is 18.5 Å². The Kier molecular flexibility index (Phi) is 4.53. The minimum Gasteiger partial charge on any atom is -0.355 e. The standard InChI is InChI=1S/C12H11N3O2/c1-9(16)14-5-3-2-4-10-6-11(7-13)12(17)15-8-10/h6,8H,3,5H2,1H3,(H,14,16)(H,15,17). The molecule has 0 fully saturated rings.